The zero-order chi connectivity index (χ0) is 17.0. The van der Waals surface area contributed by atoms with Gasteiger partial charge < -0.3 is 10.1 Å². The van der Waals surface area contributed by atoms with Gasteiger partial charge in [-0.15, -0.1) is 0 Å². The van der Waals surface area contributed by atoms with Gasteiger partial charge in [0, 0.05) is 22.3 Å². The molecular weight excluding hydrogens is 388 g/mol. The van der Waals surface area contributed by atoms with Crippen LogP contribution in [0, 0.1) is 10.1 Å². The number of rotatable bonds is 5. The molecule has 0 aliphatic heterocycles. The Morgan fingerprint density at radius 2 is 2.09 bits per heavy atom. The lowest BCUT2D eigenvalue weighted by Gasteiger charge is -2.15. The largest absolute Gasteiger partial charge is 0.479 e. The van der Waals surface area contributed by atoms with Gasteiger partial charge >= 0.3 is 0 Å². The number of ether oxygens (including phenoxy) is 1. The molecule has 0 aromatic heterocycles. The molecule has 0 saturated carbocycles. The van der Waals surface area contributed by atoms with Crippen molar-refractivity contribution in [3.05, 3.63) is 62.1 Å². The summed E-state index contributed by atoms with van der Waals surface area (Å²) < 4.78 is 6.30. The number of nitrogens with one attached hydrogen (secondary N) is 1. The number of hydrogen-bond donors (Lipinski definition) is 1. The third-order valence-corrected chi connectivity index (χ3v) is 3.68. The topological polar surface area (TPSA) is 81.5 Å². The first-order chi connectivity index (χ1) is 10.9. The summed E-state index contributed by atoms with van der Waals surface area (Å²) in [6.07, 6.45) is -0.826. The zero-order valence-corrected chi connectivity index (χ0v) is 14.3. The van der Waals surface area contributed by atoms with Crippen LogP contribution in [0.3, 0.4) is 0 Å². The lowest BCUT2D eigenvalue weighted by molar-refractivity contribution is -0.384. The van der Waals surface area contributed by atoms with E-state index in [9.17, 15) is 14.9 Å². The van der Waals surface area contributed by atoms with Crippen molar-refractivity contribution in [1.29, 1.82) is 0 Å². The maximum atomic E-state index is 12.1. The highest BCUT2D eigenvalue weighted by Gasteiger charge is 2.18. The van der Waals surface area contributed by atoms with Crippen LogP contribution in [0.1, 0.15) is 6.92 Å². The van der Waals surface area contributed by atoms with Crippen molar-refractivity contribution in [2.45, 2.75) is 13.0 Å². The maximum Gasteiger partial charge on any atom is 0.271 e. The number of non-ortho nitro benzene ring substituents is 1. The van der Waals surface area contributed by atoms with Gasteiger partial charge in [-0.2, -0.15) is 0 Å². The third kappa shape index (κ3) is 4.67. The molecule has 0 fully saturated rings. The predicted octanol–water partition coefficient (Wildman–Crippen LogP) is 4.42. The van der Waals surface area contributed by atoms with Gasteiger partial charge in [-0.25, -0.2) is 0 Å². The van der Waals surface area contributed by atoms with E-state index in [4.69, 9.17) is 16.3 Å². The Hall–Kier alpha value is -2.12. The molecule has 0 spiro atoms. The summed E-state index contributed by atoms with van der Waals surface area (Å²) in [7, 11) is 0. The van der Waals surface area contributed by atoms with Crippen molar-refractivity contribution < 1.29 is 14.5 Å². The van der Waals surface area contributed by atoms with Crippen LogP contribution < -0.4 is 10.1 Å². The van der Waals surface area contributed by atoms with Gasteiger partial charge in [-0.3, -0.25) is 14.9 Å². The highest BCUT2D eigenvalue weighted by atomic mass is 79.9. The number of amides is 1. The number of carbonyl (C=O) groups excluding carboxylic acids is 1. The molecule has 6 nitrogen and oxygen atoms in total. The highest BCUT2D eigenvalue weighted by Crippen LogP contribution is 2.29. The van der Waals surface area contributed by atoms with E-state index in [2.05, 4.69) is 21.2 Å². The van der Waals surface area contributed by atoms with Crippen LogP contribution in [0.15, 0.2) is 46.9 Å². The van der Waals surface area contributed by atoms with Crippen molar-refractivity contribution in [2.24, 2.45) is 0 Å². The monoisotopic (exact) mass is 398 g/mol. The number of carbonyl (C=O) groups is 1. The summed E-state index contributed by atoms with van der Waals surface area (Å²) in [6.45, 7) is 1.56. The molecule has 0 bridgehead atoms. The molecule has 0 unspecified atom stereocenters. The first kappa shape index (κ1) is 17.2. The van der Waals surface area contributed by atoms with Crippen molar-refractivity contribution in [1.82, 2.24) is 0 Å². The minimum Gasteiger partial charge on any atom is -0.479 e. The van der Waals surface area contributed by atoms with Gasteiger partial charge in [0.1, 0.15) is 5.75 Å². The molecule has 0 heterocycles. The van der Waals surface area contributed by atoms with E-state index in [1.807, 2.05) is 6.07 Å². The van der Waals surface area contributed by atoms with Crippen LogP contribution in [0.25, 0.3) is 0 Å². The molecule has 120 valence electrons. The van der Waals surface area contributed by atoms with E-state index in [-0.39, 0.29) is 22.4 Å². The standard InChI is InChI=1S/C15H12BrClN2O4/c1-9(15(20)18-11-4-2-3-10(16)7-11)23-14-6-5-12(19(21)22)8-13(14)17/h2-9H,1H3,(H,18,20)/t9-/m0/s1. The fourth-order valence-corrected chi connectivity index (χ4v) is 2.37. The maximum absolute atomic E-state index is 12.1. The minimum atomic E-state index is -0.826. The number of nitrogens with zero attached hydrogens (tertiary/aromatic N) is 1. The van der Waals surface area contributed by atoms with Crippen molar-refractivity contribution in [2.75, 3.05) is 5.32 Å². The molecule has 0 aliphatic carbocycles. The van der Waals surface area contributed by atoms with Crippen LogP contribution >= 0.6 is 27.5 Å². The number of hydrogen-bond acceptors (Lipinski definition) is 4. The summed E-state index contributed by atoms with van der Waals surface area (Å²) in [5.74, 6) is -0.160. The van der Waals surface area contributed by atoms with Crippen molar-refractivity contribution in [3.63, 3.8) is 0 Å². The van der Waals surface area contributed by atoms with Crippen LogP contribution in [0.5, 0.6) is 5.75 Å². The van der Waals surface area contributed by atoms with Crippen molar-refractivity contribution >= 4 is 44.8 Å². The average Bonchev–Trinajstić information content (AvgIpc) is 2.49. The predicted molar refractivity (Wildman–Crippen MR) is 91.0 cm³/mol. The second-order valence-corrected chi connectivity index (χ2v) is 5.95. The Bertz CT molecular complexity index is 754. The molecule has 1 atom stereocenters. The first-order valence-corrected chi connectivity index (χ1v) is 7.71. The number of benzene rings is 2. The quantitative estimate of drug-likeness (QED) is 0.596. The molecule has 23 heavy (non-hydrogen) atoms. The number of nitro groups is 1. The molecule has 8 heteroatoms. The van der Waals surface area contributed by atoms with Crippen molar-refractivity contribution in [3.8, 4) is 5.75 Å². The van der Waals surface area contributed by atoms with E-state index in [1.165, 1.54) is 18.2 Å². The van der Waals surface area contributed by atoms with E-state index in [1.54, 1.807) is 25.1 Å². The summed E-state index contributed by atoms with van der Waals surface area (Å²) >= 11 is 9.25. The molecule has 2 aromatic rings. The van der Waals surface area contributed by atoms with Gasteiger partial charge in [0.05, 0.1) is 9.95 Å². The lowest BCUT2D eigenvalue weighted by Crippen LogP contribution is -2.30. The van der Waals surface area contributed by atoms with Crippen LogP contribution in [0.2, 0.25) is 5.02 Å². The number of anilines is 1. The lowest BCUT2D eigenvalue weighted by atomic mass is 10.3. The van der Waals surface area contributed by atoms with Gasteiger partial charge in [0.25, 0.3) is 11.6 Å². The fraction of sp³-hybridized carbons (Fsp3) is 0.133. The van der Waals surface area contributed by atoms with Gasteiger partial charge in [-0.1, -0.05) is 33.6 Å². The van der Waals surface area contributed by atoms with Gasteiger partial charge in [0.2, 0.25) is 0 Å². The zero-order valence-electron chi connectivity index (χ0n) is 12.0. The molecule has 2 aromatic carbocycles. The third-order valence-electron chi connectivity index (χ3n) is 2.89. The van der Waals surface area contributed by atoms with Crippen LogP contribution in [-0.2, 0) is 4.79 Å². The highest BCUT2D eigenvalue weighted by molar-refractivity contribution is 9.10. The van der Waals surface area contributed by atoms with Gasteiger partial charge in [0.15, 0.2) is 6.10 Å². The number of nitro benzene ring substituents is 1. The Labute approximate surface area is 145 Å². The minimum absolute atomic E-state index is 0.0707. The van der Waals surface area contributed by atoms with Crippen LogP contribution in [0.4, 0.5) is 11.4 Å². The molecule has 0 aliphatic rings. The Morgan fingerprint density at radius 3 is 2.70 bits per heavy atom. The number of halogens is 2. The molecule has 2 rings (SSSR count). The summed E-state index contributed by atoms with van der Waals surface area (Å²) in [4.78, 5) is 22.2. The molecular formula is C15H12BrClN2O4. The Kier molecular flexibility index (Phi) is 5.57. The van der Waals surface area contributed by atoms with E-state index < -0.39 is 11.0 Å². The first-order valence-electron chi connectivity index (χ1n) is 6.54. The molecule has 1 amide bonds. The SMILES string of the molecule is C[C@H](Oc1ccc([N+](=O)[O-])cc1Cl)C(=O)Nc1cccc(Br)c1. The second kappa shape index (κ2) is 7.43. The average molecular weight is 400 g/mol. The van der Waals surface area contributed by atoms with Crippen LogP contribution in [-0.4, -0.2) is 16.9 Å². The molecule has 1 N–H and O–H groups in total. The fourth-order valence-electron chi connectivity index (χ4n) is 1.75. The Morgan fingerprint density at radius 1 is 1.35 bits per heavy atom. The summed E-state index contributed by atoms with van der Waals surface area (Å²) in [6, 6.07) is 10.9. The Balaban J connectivity index is 2.05. The molecule has 0 saturated heterocycles. The van der Waals surface area contributed by atoms with E-state index >= 15 is 0 Å². The smallest absolute Gasteiger partial charge is 0.271 e. The normalized spacial score (nSPS) is 11.6. The molecule has 0 radical (unpaired) electrons. The second-order valence-electron chi connectivity index (χ2n) is 4.63. The van der Waals surface area contributed by atoms with Gasteiger partial charge in [-0.05, 0) is 31.2 Å². The van der Waals surface area contributed by atoms with E-state index in [0.717, 1.165) is 4.47 Å². The van der Waals surface area contributed by atoms with E-state index in [0.29, 0.717) is 5.69 Å². The summed E-state index contributed by atoms with van der Waals surface area (Å²) in [5, 5.41) is 13.4. The summed E-state index contributed by atoms with van der Waals surface area (Å²) in [5.41, 5.74) is 0.475.